The summed E-state index contributed by atoms with van der Waals surface area (Å²) in [6.07, 6.45) is 10.6. The lowest BCUT2D eigenvalue weighted by Crippen LogP contribution is -2.71. The summed E-state index contributed by atoms with van der Waals surface area (Å²) in [5.74, 6) is -6.33. The Morgan fingerprint density at radius 3 is 2.36 bits per heavy atom. The number of hydrogen-bond acceptors (Lipinski definition) is 14. The van der Waals surface area contributed by atoms with Crippen LogP contribution in [0.1, 0.15) is 139 Å². The Morgan fingerprint density at radius 2 is 1.68 bits per heavy atom. The molecule has 2 bridgehead atoms. The van der Waals surface area contributed by atoms with Gasteiger partial charge in [0.1, 0.15) is 41.5 Å². The topological polar surface area (TPSA) is 273 Å². The Balaban J connectivity index is 1.35. The summed E-state index contributed by atoms with van der Waals surface area (Å²) >= 11 is 0. The molecule has 18 heteroatoms. The van der Waals surface area contributed by atoms with Gasteiger partial charge in [-0.05, 0) is 93.9 Å². The van der Waals surface area contributed by atoms with Crippen molar-refractivity contribution in [3.8, 4) is 5.75 Å². The van der Waals surface area contributed by atoms with Crippen molar-refractivity contribution in [1.82, 2.24) is 26.4 Å². The molecule has 1 aromatic carbocycles. The highest BCUT2D eigenvalue weighted by atomic mass is 16.5. The monoisotopic (exact) mass is 1090 g/mol. The standard InChI is InChI=1S/C60H91N5O13/c1-11-43-30-37(6)60(63-55(43)72)41(10)53(70)40(9)51(78-60)33-49(69)35(4)20-14-12-15-21-36(5)50-26-17-13-16-25-48(68)39(8)54(71)45(28-27-38(7)66)56(73)62-52(34(2)3)57(74)61-47(32-42-22-18-23-44(67)31-42)58(75)65-29-19-24-46(64-65)59(76)77-50/h12-13,15-18,21-23,25,31,34-35,37,39-41,43,45-54,64,67-71H,11,14,19-20,24,26-30,32-33H2,1-10H3,(H,61,74)(H,62,73)(H,63,72)/b15-12+,17-13+,25-16?,36-21+/t35-,37-,39-,40-,41-,43-,45+,46?,47-,48-,49-,50-,51-,52-,53-,54+,60+/m0/s1. The lowest BCUT2D eigenvalue weighted by atomic mass is 9.69. The molecule has 3 fully saturated rings. The van der Waals surface area contributed by atoms with Gasteiger partial charge in [-0.2, -0.15) is 0 Å². The third kappa shape index (κ3) is 16.7. The third-order valence-corrected chi connectivity index (χ3v) is 16.9. The van der Waals surface area contributed by atoms with Gasteiger partial charge in [-0.25, -0.2) is 5.43 Å². The fourth-order valence-corrected chi connectivity index (χ4v) is 11.3. The van der Waals surface area contributed by atoms with E-state index in [4.69, 9.17) is 9.47 Å². The van der Waals surface area contributed by atoms with Crippen molar-refractivity contribution in [2.45, 2.75) is 200 Å². The number of nitrogens with zero attached hydrogens (tertiary/aromatic N) is 1. The SMILES string of the molecule is CC[C@H]1C[C@H](C)[C@@]2(NC1=O)O[C@@H](C[C@H](O)[C@@H](C)CC/C=C/C=C(\C)[C@@H]1C/C=C/C=C[C@H](O)[C@H](C)[C@@H](O)[C@@H](CCC(C)=O)C(=O)N[C@@H](C(C)C)C(=O)N[C@@H](Cc3cccc(O)c3)C(=O)N3CCCC(N3)C(=O)O1)[C@H](C)[C@H](O)[C@@H]2C. The molecule has 4 amide bonds. The number of aliphatic hydroxyl groups is 4. The number of hydrazine groups is 1. The minimum absolute atomic E-state index is 0.0254. The molecule has 0 saturated carbocycles. The predicted molar refractivity (Wildman–Crippen MR) is 295 cm³/mol. The van der Waals surface area contributed by atoms with Crippen molar-refractivity contribution in [3.63, 3.8) is 0 Å². The second-order valence-electron chi connectivity index (χ2n) is 23.2. The number of ketones is 1. The number of rotatable bonds is 15. The molecule has 9 N–H and O–H groups in total. The predicted octanol–water partition coefficient (Wildman–Crippen LogP) is 5.41. The van der Waals surface area contributed by atoms with Gasteiger partial charge in [0, 0.05) is 61.8 Å². The van der Waals surface area contributed by atoms with Crippen molar-refractivity contribution >= 4 is 35.4 Å². The number of esters is 1. The van der Waals surface area contributed by atoms with Crippen LogP contribution in [0.25, 0.3) is 0 Å². The molecular formula is C60H91N5O13. The molecule has 0 radical (unpaired) electrons. The molecule has 1 unspecified atom stereocenters. The number of amides is 4. The minimum atomic E-state index is -1.43. The van der Waals surface area contributed by atoms with Crippen LogP contribution in [0.4, 0.5) is 0 Å². The van der Waals surface area contributed by atoms with Crippen molar-refractivity contribution in [1.29, 1.82) is 0 Å². The quantitative estimate of drug-likeness (QED) is 0.0786. The summed E-state index contributed by atoms with van der Waals surface area (Å²) in [4.78, 5) is 82.2. The van der Waals surface area contributed by atoms with Crippen molar-refractivity contribution in [2.24, 2.45) is 47.3 Å². The van der Waals surface area contributed by atoms with Gasteiger partial charge in [0.15, 0.2) is 0 Å². The van der Waals surface area contributed by atoms with Crippen molar-refractivity contribution in [3.05, 3.63) is 77.9 Å². The lowest BCUT2D eigenvalue weighted by molar-refractivity contribution is -0.267. The highest BCUT2D eigenvalue weighted by Gasteiger charge is 2.57. The average Bonchev–Trinajstić information content (AvgIpc) is 3.51. The zero-order chi connectivity index (χ0) is 57.6. The minimum Gasteiger partial charge on any atom is -0.508 e. The van der Waals surface area contributed by atoms with E-state index in [1.165, 1.54) is 30.1 Å². The maximum Gasteiger partial charge on any atom is 0.325 e. The maximum atomic E-state index is 14.5. The number of carbonyl (C=O) groups is 6. The smallest absolute Gasteiger partial charge is 0.325 e. The zero-order valence-corrected chi connectivity index (χ0v) is 47.6. The van der Waals surface area contributed by atoms with Gasteiger partial charge in [-0.1, -0.05) is 110 Å². The largest absolute Gasteiger partial charge is 0.508 e. The number of cyclic esters (lactones) is 1. The van der Waals surface area contributed by atoms with Crippen LogP contribution in [0, 0.1) is 47.3 Å². The number of phenolic OH excluding ortho intramolecular Hbond substituents is 1. The molecule has 1 aromatic rings. The molecule has 17 atom stereocenters. The third-order valence-electron chi connectivity index (χ3n) is 16.9. The normalized spacial score (nSPS) is 34.5. The summed E-state index contributed by atoms with van der Waals surface area (Å²) in [7, 11) is 0. The highest BCUT2D eigenvalue weighted by molar-refractivity contribution is 5.93. The van der Waals surface area contributed by atoms with Crippen LogP contribution >= 0.6 is 0 Å². The Hall–Kier alpha value is -5.24. The number of nitrogens with one attached hydrogen (secondary N) is 4. The number of hydrogen-bond donors (Lipinski definition) is 9. The Bertz CT molecular complexity index is 2340. The van der Waals surface area contributed by atoms with Crippen LogP contribution in [-0.2, 0) is 44.7 Å². The van der Waals surface area contributed by atoms with Crippen LogP contribution in [0.5, 0.6) is 5.75 Å². The molecule has 78 heavy (non-hydrogen) atoms. The zero-order valence-electron chi connectivity index (χ0n) is 47.6. The number of fused-ring (bicyclic) bond motifs is 2. The van der Waals surface area contributed by atoms with Gasteiger partial charge in [-0.15, -0.1) is 0 Å². The van der Waals surface area contributed by atoms with E-state index in [0.717, 1.165) is 6.42 Å². The molecule has 3 saturated heterocycles. The number of aliphatic hydroxyl groups excluding tert-OH is 4. The number of piperidine rings is 1. The van der Waals surface area contributed by atoms with E-state index in [9.17, 15) is 54.3 Å². The van der Waals surface area contributed by atoms with Gasteiger partial charge in [0.2, 0.25) is 17.7 Å². The maximum absolute atomic E-state index is 14.5. The molecule has 0 aliphatic carbocycles. The number of benzene rings is 1. The summed E-state index contributed by atoms with van der Waals surface area (Å²) in [5, 5.41) is 66.1. The second kappa shape index (κ2) is 29.3. The Morgan fingerprint density at radius 1 is 0.949 bits per heavy atom. The van der Waals surface area contributed by atoms with E-state index in [1.54, 1.807) is 51.1 Å². The number of phenols is 1. The average molecular weight is 1090 g/mol. The molecule has 0 aromatic heterocycles. The molecule has 5 rings (SSSR count). The Kier molecular flexibility index (Phi) is 23.9. The van der Waals surface area contributed by atoms with E-state index in [2.05, 4.69) is 28.3 Å². The summed E-state index contributed by atoms with van der Waals surface area (Å²) in [6, 6.07) is 2.90. The number of carbonyl (C=O) groups excluding carboxylic acids is 6. The second-order valence-corrected chi connectivity index (χ2v) is 23.2. The van der Waals surface area contributed by atoms with Crippen molar-refractivity contribution in [2.75, 3.05) is 6.54 Å². The van der Waals surface area contributed by atoms with Crippen molar-refractivity contribution < 1.29 is 63.8 Å². The van der Waals surface area contributed by atoms with Gasteiger partial charge < -0.3 is 55.8 Å². The molecule has 1 spiro atoms. The first kappa shape index (κ1) is 63.6. The first-order chi connectivity index (χ1) is 36.9. The fourth-order valence-electron chi connectivity index (χ4n) is 11.3. The summed E-state index contributed by atoms with van der Waals surface area (Å²) < 4.78 is 12.9. The van der Waals surface area contributed by atoms with E-state index >= 15 is 0 Å². The van der Waals surface area contributed by atoms with Crippen LogP contribution in [-0.4, -0.2) is 133 Å². The fraction of sp³-hybridized carbons (Fsp3) is 0.667. The molecule has 4 aliphatic heterocycles. The molecule has 18 nitrogen and oxygen atoms in total. The summed E-state index contributed by atoms with van der Waals surface area (Å²) in [6.45, 7) is 18.3. The van der Waals surface area contributed by atoms with Gasteiger partial charge in [-0.3, -0.25) is 29.0 Å². The number of aromatic hydroxyl groups is 1. The Labute approximate surface area is 461 Å². The highest BCUT2D eigenvalue weighted by Crippen LogP contribution is 2.46. The van der Waals surface area contributed by atoms with Gasteiger partial charge in [0.25, 0.3) is 5.91 Å². The van der Waals surface area contributed by atoms with Gasteiger partial charge in [0.05, 0.1) is 36.4 Å². The van der Waals surface area contributed by atoms with E-state index in [0.29, 0.717) is 49.7 Å². The molecular weight excluding hydrogens is 999 g/mol. The van der Waals surface area contributed by atoms with Crippen LogP contribution in [0.2, 0.25) is 0 Å². The molecule has 4 heterocycles. The molecule has 434 valence electrons. The number of Topliss-reactive ketones (excluding diaryl/α,β-unsaturated/α-hetero) is 1. The first-order valence-electron chi connectivity index (χ1n) is 28.4. The summed E-state index contributed by atoms with van der Waals surface area (Å²) in [5.41, 5.74) is 3.27. The van der Waals surface area contributed by atoms with Crippen LogP contribution < -0.4 is 21.4 Å². The van der Waals surface area contributed by atoms with Crippen LogP contribution in [0.15, 0.2) is 72.4 Å². The lowest BCUT2D eigenvalue weighted by Gasteiger charge is -2.56. The number of allylic oxidation sites excluding steroid dienone is 5. The first-order valence-corrected chi connectivity index (χ1v) is 28.4. The molecule has 4 aliphatic rings. The number of ether oxygens (including phenoxy) is 2. The van der Waals surface area contributed by atoms with E-state index in [-0.39, 0.29) is 79.3 Å². The van der Waals surface area contributed by atoms with E-state index in [1.807, 2.05) is 52.8 Å². The van der Waals surface area contributed by atoms with Gasteiger partial charge >= 0.3 is 5.97 Å². The van der Waals surface area contributed by atoms with Crippen LogP contribution in [0.3, 0.4) is 0 Å². The van der Waals surface area contributed by atoms with E-state index < -0.39 is 102 Å².